The predicted molar refractivity (Wildman–Crippen MR) is 70.0 cm³/mol. The summed E-state index contributed by atoms with van der Waals surface area (Å²) in [5.41, 5.74) is 1.02. The van der Waals surface area contributed by atoms with E-state index in [1.807, 2.05) is 35.0 Å². The summed E-state index contributed by atoms with van der Waals surface area (Å²) in [7, 11) is 0. The minimum Gasteiger partial charge on any atom is -0.342 e. The van der Waals surface area contributed by atoms with Crippen molar-refractivity contribution in [2.45, 2.75) is 12.3 Å². The third kappa shape index (κ3) is 2.21. The molecule has 0 bridgehead atoms. The highest BCUT2D eigenvalue weighted by Gasteiger charge is 2.39. The van der Waals surface area contributed by atoms with Crippen LogP contribution in [0, 0.1) is 0 Å². The maximum Gasteiger partial charge on any atom is 0.213 e. The molecule has 1 aliphatic heterocycles. The van der Waals surface area contributed by atoms with E-state index in [-0.39, 0.29) is 0 Å². The van der Waals surface area contributed by atoms with Crippen molar-refractivity contribution < 1.29 is 9.47 Å². The molecule has 2 aromatic rings. The number of benzene rings is 1. The molecule has 1 aromatic carbocycles. The van der Waals surface area contributed by atoms with E-state index in [2.05, 4.69) is 20.9 Å². The van der Waals surface area contributed by atoms with Gasteiger partial charge in [0.1, 0.15) is 0 Å². The Hall–Kier alpha value is -1.17. The number of aromatic nitrogens is 2. The fourth-order valence-corrected chi connectivity index (χ4v) is 2.55. The van der Waals surface area contributed by atoms with Crippen molar-refractivity contribution in [2.24, 2.45) is 0 Å². The van der Waals surface area contributed by atoms with Gasteiger partial charge in [-0.3, -0.25) is 0 Å². The number of hydrogen-bond donors (Lipinski definition) is 0. The Morgan fingerprint density at radius 1 is 1.33 bits per heavy atom. The minimum atomic E-state index is -0.704. The highest BCUT2D eigenvalue weighted by atomic mass is 79.9. The lowest BCUT2D eigenvalue weighted by atomic mass is 10.1. The van der Waals surface area contributed by atoms with Gasteiger partial charge >= 0.3 is 0 Å². The smallest absolute Gasteiger partial charge is 0.213 e. The molecule has 94 valence electrons. The van der Waals surface area contributed by atoms with Crippen LogP contribution in [0.3, 0.4) is 0 Å². The summed E-state index contributed by atoms with van der Waals surface area (Å²) in [4.78, 5) is 4.05. The maximum atomic E-state index is 5.86. The van der Waals surface area contributed by atoms with Crippen molar-refractivity contribution in [1.82, 2.24) is 9.55 Å². The molecule has 1 aromatic heterocycles. The summed E-state index contributed by atoms with van der Waals surface area (Å²) in [6.45, 7) is 1.83. The molecule has 0 atom stereocenters. The van der Waals surface area contributed by atoms with Gasteiger partial charge in [-0.25, -0.2) is 4.98 Å². The van der Waals surface area contributed by atoms with Crippen LogP contribution in [-0.4, -0.2) is 22.8 Å². The van der Waals surface area contributed by atoms with Gasteiger partial charge in [-0.1, -0.05) is 28.1 Å². The van der Waals surface area contributed by atoms with Gasteiger partial charge in [0.2, 0.25) is 5.79 Å². The molecule has 0 aliphatic carbocycles. The Kier molecular flexibility index (Phi) is 3.20. The molecule has 0 radical (unpaired) electrons. The number of nitrogens with zero attached hydrogens (tertiary/aromatic N) is 2. The Balaban J connectivity index is 1.96. The fourth-order valence-electron chi connectivity index (χ4n) is 2.15. The second kappa shape index (κ2) is 4.84. The van der Waals surface area contributed by atoms with E-state index < -0.39 is 5.79 Å². The van der Waals surface area contributed by atoms with Crippen LogP contribution in [0.2, 0.25) is 0 Å². The lowest BCUT2D eigenvalue weighted by Crippen LogP contribution is -2.32. The zero-order valence-electron chi connectivity index (χ0n) is 9.75. The van der Waals surface area contributed by atoms with Gasteiger partial charge in [0.25, 0.3) is 0 Å². The quantitative estimate of drug-likeness (QED) is 0.874. The summed E-state index contributed by atoms with van der Waals surface area (Å²) < 4.78 is 14.7. The van der Waals surface area contributed by atoms with Gasteiger partial charge in [-0.15, -0.1) is 0 Å². The predicted octanol–water partition coefficient (Wildman–Crippen LogP) is 2.55. The van der Waals surface area contributed by atoms with Crippen LogP contribution in [0.5, 0.6) is 0 Å². The summed E-state index contributed by atoms with van der Waals surface area (Å²) in [5, 5.41) is 0. The van der Waals surface area contributed by atoms with E-state index in [9.17, 15) is 0 Å². The van der Waals surface area contributed by atoms with Crippen molar-refractivity contribution >= 4 is 15.9 Å². The van der Waals surface area contributed by atoms with Gasteiger partial charge in [-0.2, -0.15) is 0 Å². The van der Waals surface area contributed by atoms with E-state index in [0.29, 0.717) is 19.8 Å². The first-order chi connectivity index (χ1) is 8.78. The average molecular weight is 309 g/mol. The summed E-state index contributed by atoms with van der Waals surface area (Å²) in [6, 6.07) is 8.03. The van der Waals surface area contributed by atoms with Crippen LogP contribution in [0.1, 0.15) is 5.56 Å². The second-order valence-corrected chi connectivity index (χ2v) is 5.11. The molecule has 3 rings (SSSR count). The van der Waals surface area contributed by atoms with Crippen molar-refractivity contribution in [2.75, 3.05) is 13.2 Å². The second-order valence-electron chi connectivity index (χ2n) is 4.20. The number of halogens is 1. The molecule has 1 fully saturated rings. The van der Waals surface area contributed by atoms with E-state index in [1.165, 1.54) is 0 Å². The monoisotopic (exact) mass is 308 g/mol. The molecule has 5 heteroatoms. The van der Waals surface area contributed by atoms with Crippen molar-refractivity contribution in [3.05, 3.63) is 53.0 Å². The van der Waals surface area contributed by atoms with Gasteiger partial charge in [0.15, 0.2) is 0 Å². The summed E-state index contributed by atoms with van der Waals surface area (Å²) in [6.07, 6.45) is 5.43. The molecule has 0 unspecified atom stereocenters. The summed E-state index contributed by atoms with van der Waals surface area (Å²) >= 11 is 3.48. The highest BCUT2D eigenvalue weighted by molar-refractivity contribution is 9.10. The first-order valence-electron chi connectivity index (χ1n) is 5.78. The van der Waals surface area contributed by atoms with E-state index in [0.717, 1.165) is 10.0 Å². The lowest BCUT2D eigenvalue weighted by Gasteiger charge is -2.28. The molecule has 18 heavy (non-hydrogen) atoms. The zero-order chi connectivity index (χ0) is 12.4. The van der Waals surface area contributed by atoms with Crippen molar-refractivity contribution in [1.29, 1.82) is 0 Å². The van der Waals surface area contributed by atoms with Crippen LogP contribution >= 0.6 is 15.9 Å². The Morgan fingerprint density at radius 3 is 2.83 bits per heavy atom. The molecular weight excluding hydrogens is 296 g/mol. The normalized spacial score (nSPS) is 18.1. The largest absolute Gasteiger partial charge is 0.342 e. The van der Waals surface area contributed by atoms with Gasteiger partial charge in [-0.05, 0) is 12.1 Å². The molecule has 2 heterocycles. The fraction of sp³-hybridized carbons (Fsp3) is 0.308. The summed E-state index contributed by atoms with van der Waals surface area (Å²) in [5.74, 6) is -0.704. The van der Waals surface area contributed by atoms with Gasteiger partial charge in [0, 0.05) is 22.4 Å². The van der Waals surface area contributed by atoms with Crippen molar-refractivity contribution in [3.8, 4) is 0 Å². The standard InChI is InChI=1S/C13H13BrN2O2/c14-12-3-1-2-11(8-12)13(17-6-7-18-13)9-16-5-4-15-10-16/h1-5,8,10H,6-7,9H2. The lowest BCUT2D eigenvalue weighted by molar-refractivity contribution is -0.176. The Bertz CT molecular complexity index is 522. The van der Waals surface area contributed by atoms with Gasteiger partial charge in [0.05, 0.1) is 26.1 Å². The zero-order valence-corrected chi connectivity index (χ0v) is 11.3. The van der Waals surface area contributed by atoms with E-state index in [4.69, 9.17) is 9.47 Å². The number of imidazole rings is 1. The van der Waals surface area contributed by atoms with Crippen LogP contribution in [0.25, 0.3) is 0 Å². The van der Waals surface area contributed by atoms with E-state index >= 15 is 0 Å². The molecular formula is C13H13BrN2O2. The van der Waals surface area contributed by atoms with Crippen LogP contribution in [0.4, 0.5) is 0 Å². The molecule has 0 saturated carbocycles. The molecule has 0 N–H and O–H groups in total. The van der Waals surface area contributed by atoms with Crippen LogP contribution in [0.15, 0.2) is 47.5 Å². The average Bonchev–Trinajstić information content (AvgIpc) is 3.02. The van der Waals surface area contributed by atoms with E-state index in [1.54, 1.807) is 12.5 Å². The Labute approximate surface area is 114 Å². The molecule has 0 spiro atoms. The number of rotatable bonds is 3. The molecule has 0 amide bonds. The first kappa shape index (κ1) is 11.9. The highest BCUT2D eigenvalue weighted by Crippen LogP contribution is 2.34. The SMILES string of the molecule is Brc1cccc(C2(Cn3ccnc3)OCCO2)c1. The minimum absolute atomic E-state index is 0.601. The topological polar surface area (TPSA) is 36.3 Å². The van der Waals surface area contributed by atoms with Crippen LogP contribution in [-0.2, 0) is 21.8 Å². The Morgan fingerprint density at radius 2 is 2.17 bits per heavy atom. The first-order valence-corrected chi connectivity index (χ1v) is 6.57. The third-order valence-corrected chi connectivity index (χ3v) is 3.46. The number of hydrogen-bond acceptors (Lipinski definition) is 3. The molecule has 4 nitrogen and oxygen atoms in total. The third-order valence-electron chi connectivity index (χ3n) is 2.97. The number of ether oxygens (including phenoxy) is 2. The van der Waals surface area contributed by atoms with Gasteiger partial charge < -0.3 is 14.0 Å². The van der Waals surface area contributed by atoms with Crippen LogP contribution < -0.4 is 0 Å². The van der Waals surface area contributed by atoms with Crippen molar-refractivity contribution in [3.63, 3.8) is 0 Å². The molecule has 1 aliphatic rings. The molecule has 1 saturated heterocycles. The maximum absolute atomic E-state index is 5.86.